The van der Waals surface area contributed by atoms with E-state index >= 15 is 0 Å². The van der Waals surface area contributed by atoms with Crippen LogP contribution in [-0.4, -0.2) is 38.2 Å². The first kappa shape index (κ1) is 21.3. The summed E-state index contributed by atoms with van der Waals surface area (Å²) >= 11 is 0. The van der Waals surface area contributed by atoms with Crippen molar-refractivity contribution in [3.05, 3.63) is 59.8 Å². The third kappa shape index (κ3) is 4.11. The van der Waals surface area contributed by atoms with Gasteiger partial charge < -0.3 is 15.8 Å². The quantitative estimate of drug-likeness (QED) is 0.515. The molecule has 1 aromatic heterocycles. The van der Waals surface area contributed by atoms with Crippen LogP contribution < -0.4 is 20.5 Å². The fourth-order valence-electron chi connectivity index (χ4n) is 4.07. The highest BCUT2D eigenvalue weighted by molar-refractivity contribution is 7.93. The molecule has 0 atom stereocenters. The van der Waals surface area contributed by atoms with Crippen LogP contribution in [0.15, 0.2) is 48.7 Å². The number of hydrogen-bond donors (Lipinski definition) is 3. The molecular weight excluding hydrogens is 440 g/mol. The lowest BCUT2D eigenvalue weighted by atomic mass is 9.94. The van der Waals surface area contributed by atoms with Crippen molar-refractivity contribution in [3.63, 3.8) is 0 Å². The van der Waals surface area contributed by atoms with Gasteiger partial charge in [-0.25, -0.2) is 13.4 Å². The molecule has 0 unspecified atom stereocenters. The van der Waals surface area contributed by atoms with Gasteiger partial charge in [0.15, 0.2) is 0 Å². The number of ether oxygens (including phenoxy) is 1. The monoisotopic (exact) mass is 464 g/mol. The van der Waals surface area contributed by atoms with E-state index in [1.165, 1.54) is 7.11 Å². The van der Waals surface area contributed by atoms with Crippen molar-refractivity contribution < 1.29 is 17.9 Å². The predicted octanol–water partition coefficient (Wildman–Crippen LogP) is 3.20. The Hall–Kier alpha value is -3.59. The number of nitrogen functional groups attached to an aromatic ring is 1. The SMILES string of the molecule is COc1cc(NS(=O)(=O)C2CC2)ccc1-c1cnc(N)c(-c2ccc3c(c2)CCNC3=O)c1. The summed E-state index contributed by atoms with van der Waals surface area (Å²) < 4.78 is 32.7. The molecule has 0 saturated heterocycles. The highest BCUT2D eigenvalue weighted by Gasteiger charge is 2.35. The number of carbonyl (C=O) groups excluding carboxylic acids is 1. The second-order valence-corrected chi connectivity index (χ2v) is 10.3. The first-order valence-electron chi connectivity index (χ1n) is 10.7. The molecule has 1 fully saturated rings. The van der Waals surface area contributed by atoms with E-state index in [1.807, 2.05) is 24.3 Å². The zero-order valence-electron chi connectivity index (χ0n) is 18.1. The molecule has 5 rings (SSSR count). The maximum atomic E-state index is 12.3. The van der Waals surface area contributed by atoms with Gasteiger partial charge in [-0.15, -0.1) is 0 Å². The predicted molar refractivity (Wildman–Crippen MR) is 128 cm³/mol. The third-order valence-corrected chi connectivity index (χ3v) is 7.86. The minimum atomic E-state index is -3.37. The van der Waals surface area contributed by atoms with E-state index in [-0.39, 0.29) is 11.2 Å². The number of nitrogens with two attached hydrogens (primary N) is 1. The fourth-order valence-corrected chi connectivity index (χ4v) is 5.45. The number of pyridine rings is 1. The van der Waals surface area contributed by atoms with Gasteiger partial charge in [0.2, 0.25) is 10.0 Å². The minimum absolute atomic E-state index is 0.0650. The van der Waals surface area contributed by atoms with Gasteiger partial charge in [-0.1, -0.05) is 12.1 Å². The van der Waals surface area contributed by atoms with Crippen LogP contribution >= 0.6 is 0 Å². The summed E-state index contributed by atoms with van der Waals surface area (Å²) in [4.78, 5) is 16.4. The smallest absolute Gasteiger partial charge is 0.251 e. The van der Waals surface area contributed by atoms with E-state index in [4.69, 9.17) is 10.5 Å². The molecule has 1 amide bonds. The van der Waals surface area contributed by atoms with Crippen LogP contribution in [0.4, 0.5) is 11.5 Å². The zero-order chi connectivity index (χ0) is 23.2. The second-order valence-electron chi connectivity index (χ2n) is 8.30. The largest absolute Gasteiger partial charge is 0.496 e. The number of amides is 1. The molecule has 170 valence electrons. The lowest BCUT2D eigenvalue weighted by Gasteiger charge is -2.18. The maximum Gasteiger partial charge on any atom is 0.251 e. The standard InChI is InChI=1S/C24H24N4O4S/c1-32-22-12-17(28-33(30,31)18-4-5-18)3-7-19(22)16-11-21(23(25)27-13-16)14-2-6-20-15(10-14)8-9-26-24(20)29/h2-3,6-7,10-13,18,28H,4-5,8-9H2,1H3,(H2,25,27)(H,26,29). The Kier molecular flexibility index (Phi) is 5.20. The molecular formula is C24H24N4O4S. The number of sulfonamides is 1. The van der Waals surface area contributed by atoms with Crippen molar-refractivity contribution in [2.24, 2.45) is 0 Å². The van der Waals surface area contributed by atoms with E-state index in [9.17, 15) is 13.2 Å². The lowest BCUT2D eigenvalue weighted by molar-refractivity contribution is 0.0946. The van der Waals surface area contributed by atoms with Gasteiger partial charge in [-0.2, -0.15) is 0 Å². The summed E-state index contributed by atoms with van der Waals surface area (Å²) in [5.74, 6) is 0.835. The van der Waals surface area contributed by atoms with Gasteiger partial charge in [0.25, 0.3) is 5.91 Å². The molecule has 0 bridgehead atoms. The van der Waals surface area contributed by atoms with Crippen molar-refractivity contribution in [2.75, 3.05) is 24.1 Å². The van der Waals surface area contributed by atoms with Crippen LogP contribution in [0.25, 0.3) is 22.3 Å². The molecule has 2 aromatic carbocycles. The molecule has 1 aliphatic heterocycles. The summed E-state index contributed by atoms with van der Waals surface area (Å²) in [6.45, 7) is 0.608. The van der Waals surface area contributed by atoms with E-state index in [2.05, 4.69) is 15.0 Å². The van der Waals surface area contributed by atoms with Crippen LogP contribution in [0, 0.1) is 0 Å². The number of hydrogen-bond acceptors (Lipinski definition) is 6. The average Bonchev–Trinajstić information content (AvgIpc) is 3.66. The number of methoxy groups -OCH3 is 1. The Balaban J connectivity index is 1.51. The van der Waals surface area contributed by atoms with Crippen molar-refractivity contribution in [2.45, 2.75) is 24.5 Å². The molecule has 33 heavy (non-hydrogen) atoms. The highest BCUT2D eigenvalue weighted by Crippen LogP contribution is 2.37. The number of benzene rings is 2. The molecule has 9 heteroatoms. The normalized spacial score (nSPS) is 15.5. The fraction of sp³-hybridized carbons (Fsp3) is 0.250. The Morgan fingerprint density at radius 1 is 1.06 bits per heavy atom. The first-order valence-corrected chi connectivity index (χ1v) is 12.3. The summed E-state index contributed by atoms with van der Waals surface area (Å²) in [5.41, 5.74) is 11.5. The van der Waals surface area contributed by atoms with Crippen LogP contribution in [-0.2, 0) is 16.4 Å². The maximum absolute atomic E-state index is 12.3. The van der Waals surface area contributed by atoms with Crippen LogP contribution in [0.3, 0.4) is 0 Å². The molecule has 0 radical (unpaired) electrons. The number of rotatable bonds is 6. The molecule has 1 saturated carbocycles. The molecule has 0 spiro atoms. The van der Waals surface area contributed by atoms with Gasteiger partial charge in [0, 0.05) is 41.1 Å². The Labute approximate surface area is 192 Å². The molecule has 3 aromatic rings. The number of nitrogens with one attached hydrogen (secondary N) is 2. The van der Waals surface area contributed by atoms with E-state index < -0.39 is 10.0 Å². The topological polar surface area (TPSA) is 123 Å². The number of carbonyl (C=O) groups is 1. The molecule has 2 aliphatic rings. The molecule has 8 nitrogen and oxygen atoms in total. The summed E-state index contributed by atoms with van der Waals surface area (Å²) in [7, 11) is -1.83. The number of fused-ring (bicyclic) bond motifs is 1. The Morgan fingerprint density at radius 3 is 2.61 bits per heavy atom. The molecule has 2 heterocycles. The molecule has 1 aliphatic carbocycles. The van der Waals surface area contributed by atoms with Crippen LogP contribution in [0.1, 0.15) is 28.8 Å². The van der Waals surface area contributed by atoms with Gasteiger partial charge in [0.1, 0.15) is 11.6 Å². The van der Waals surface area contributed by atoms with Crippen molar-refractivity contribution in [3.8, 4) is 28.0 Å². The minimum Gasteiger partial charge on any atom is -0.496 e. The van der Waals surface area contributed by atoms with Crippen molar-refractivity contribution in [1.82, 2.24) is 10.3 Å². The Morgan fingerprint density at radius 2 is 1.85 bits per heavy atom. The third-order valence-electron chi connectivity index (χ3n) is 6.00. The number of aromatic nitrogens is 1. The second kappa shape index (κ2) is 8.08. The number of anilines is 2. The van der Waals surface area contributed by atoms with Gasteiger partial charge >= 0.3 is 0 Å². The highest BCUT2D eigenvalue weighted by atomic mass is 32.2. The van der Waals surface area contributed by atoms with Crippen molar-refractivity contribution in [1.29, 1.82) is 0 Å². The first-order chi connectivity index (χ1) is 15.9. The van der Waals surface area contributed by atoms with E-state index in [0.717, 1.165) is 34.2 Å². The summed E-state index contributed by atoms with van der Waals surface area (Å²) in [6, 6.07) is 12.8. The molecule has 4 N–H and O–H groups in total. The van der Waals surface area contributed by atoms with Gasteiger partial charge in [-0.05, 0) is 54.7 Å². The number of nitrogens with zero attached hydrogens (tertiary/aromatic N) is 1. The van der Waals surface area contributed by atoms with Gasteiger partial charge in [0.05, 0.1) is 18.0 Å². The average molecular weight is 465 g/mol. The Bertz CT molecular complexity index is 1370. The van der Waals surface area contributed by atoms with E-state index in [1.54, 1.807) is 24.4 Å². The van der Waals surface area contributed by atoms with Crippen molar-refractivity contribution >= 4 is 27.4 Å². The van der Waals surface area contributed by atoms with Crippen LogP contribution in [0.5, 0.6) is 5.75 Å². The van der Waals surface area contributed by atoms with Crippen LogP contribution in [0.2, 0.25) is 0 Å². The van der Waals surface area contributed by atoms with Gasteiger partial charge in [-0.3, -0.25) is 9.52 Å². The lowest BCUT2D eigenvalue weighted by Crippen LogP contribution is -2.31. The summed E-state index contributed by atoms with van der Waals surface area (Å²) in [6.07, 6.45) is 3.81. The summed E-state index contributed by atoms with van der Waals surface area (Å²) in [5, 5.41) is 2.54. The zero-order valence-corrected chi connectivity index (χ0v) is 18.9. The van der Waals surface area contributed by atoms with E-state index in [0.29, 0.717) is 42.2 Å².